The number of carbonyl (C=O) groups is 1. The second-order valence-electron chi connectivity index (χ2n) is 7.33. The molecule has 0 bridgehead atoms. The van der Waals surface area contributed by atoms with Crippen LogP contribution in [0.2, 0.25) is 0 Å². The number of para-hydroxylation sites is 2. The lowest BCUT2D eigenvalue weighted by Crippen LogP contribution is -2.23. The molecule has 0 aliphatic carbocycles. The first-order valence-electron chi connectivity index (χ1n) is 10.2. The van der Waals surface area contributed by atoms with E-state index in [-0.39, 0.29) is 18.1 Å². The van der Waals surface area contributed by atoms with Crippen LogP contribution in [0.3, 0.4) is 0 Å². The van der Waals surface area contributed by atoms with Crippen molar-refractivity contribution in [2.45, 2.75) is 13.7 Å². The summed E-state index contributed by atoms with van der Waals surface area (Å²) in [5.41, 5.74) is 3.36. The smallest absolute Gasteiger partial charge is 0.263 e. The summed E-state index contributed by atoms with van der Waals surface area (Å²) in [7, 11) is 0. The zero-order valence-electron chi connectivity index (χ0n) is 17.6. The molecule has 1 aromatic heterocycles. The lowest BCUT2D eigenvalue weighted by Gasteiger charge is -2.11. The summed E-state index contributed by atoms with van der Waals surface area (Å²) in [6, 6.07) is 22.5. The number of hydrogen-bond donors (Lipinski definition) is 0. The molecular weight excluding hydrogens is 400 g/mol. The van der Waals surface area contributed by atoms with Gasteiger partial charge in [-0.2, -0.15) is 0 Å². The molecule has 0 saturated heterocycles. The Bertz CT molecular complexity index is 1370. The molecule has 0 aliphatic rings. The van der Waals surface area contributed by atoms with E-state index in [2.05, 4.69) is 4.98 Å². The fourth-order valence-corrected chi connectivity index (χ4v) is 3.17. The maximum Gasteiger partial charge on any atom is 0.263 e. The highest BCUT2D eigenvalue weighted by atomic mass is 16.5. The van der Waals surface area contributed by atoms with E-state index in [4.69, 9.17) is 4.74 Å². The van der Waals surface area contributed by atoms with Crippen LogP contribution < -0.4 is 10.3 Å². The van der Waals surface area contributed by atoms with Gasteiger partial charge >= 0.3 is 0 Å². The van der Waals surface area contributed by atoms with Crippen molar-refractivity contribution in [1.82, 2.24) is 9.55 Å². The molecule has 0 amide bonds. The first-order valence-corrected chi connectivity index (χ1v) is 10.2. The van der Waals surface area contributed by atoms with Crippen LogP contribution in [0, 0.1) is 6.92 Å². The van der Waals surface area contributed by atoms with Crippen molar-refractivity contribution >= 4 is 28.8 Å². The summed E-state index contributed by atoms with van der Waals surface area (Å²) < 4.78 is 7.28. The first-order chi connectivity index (χ1) is 15.6. The number of fused-ring (bicyclic) bond motifs is 1. The Kier molecular flexibility index (Phi) is 6.37. The van der Waals surface area contributed by atoms with Gasteiger partial charge in [0.05, 0.1) is 10.9 Å². The van der Waals surface area contributed by atoms with E-state index in [1.54, 1.807) is 36.4 Å². The zero-order chi connectivity index (χ0) is 22.3. The Labute approximate surface area is 185 Å². The molecule has 0 atom stereocenters. The topological polar surface area (TPSA) is 61.2 Å². The summed E-state index contributed by atoms with van der Waals surface area (Å²) >= 11 is 0. The largest absolute Gasteiger partial charge is 0.472 e. The number of carbonyl (C=O) groups excluding carboxylic acids is 1. The van der Waals surface area contributed by atoms with Crippen molar-refractivity contribution in [2.24, 2.45) is 0 Å². The van der Waals surface area contributed by atoms with Crippen molar-refractivity contribution in [3.63, 3.8) is 0 Å². The minimum absolute atomic E-state index is 0.0167. The van der Waals surface area contributed by atoms with Crippen LogP contribution in [0.1, 0.15) is 16.7 Å². The fraction of sp³-hybridized carbons (Fsp3) is 0.0741. The summed E-state index contributed by atoms with van der Waals surface area (Å²) in [6.07, 6.45) is 8.00. The normalized spacial score (nSPS) is 11.4. The summed E-state index contributed by atoms with van der Waals surface area (Å²) in [5, 5.41) is 0.540. The van der Waals surface area contributed by atoms with Gasteiger partial charge in [0.15, 0.2) is 12.5 Å². The molecule has 158 valence electrons. The maximum atomic E-state index is 12.6. The Morgan fingerprint density at radius 3 is 2.50 bits per heavy atom. The Hall–Kier alpha value is -4.25. The van der Waals surface area contributed by atoms with Gasteiger partial charge in [0, 0.05) is 5.56 Å². The number of hydrogen-bond acceptors (Lipinski definition) is 4. The van der Waals surface area contributed by atoms with Gasteiger partial charge in [-0.3, -0.25) is 14.2 Å². The molecule has 1 heterocycles. The van der Waals surface area contributed by atoms with Crippen LogP contribution in [0.5, 0.6) is 5.75 Å². The van der Waals surface area contributed by atoms with E-state index < -0.39 is 0 Å². The highest BCUT2D eigenvalue weighted by molar-refractivity contribution is 6.04. The minimum atomic E-state index is -0.167. The van der Waals surface area contributed by atoms with Crippen molar-refractivity contribution in [3.8, 4) is 5.75 Å². The molecule has 0 N–H and O–H groups in total. The van der Waals surface area contributed by atoms with Gasteiger partial charge in [0.2, 0.25) is 0 Å². The van der Waals surface area contributed by atoms with Crippen molar-refractivity contribution in [3.05, 3.63) is 118 Å². The van der Waals surface area contributed by atoms with Gasteiger partial charge in [0.1, 0.15) is 12.1 Å². The highest BCUT2D eigenvalue weighted by Crippen LogP contribution is 2.20. The standard InChI is InChI=1S/C27H22N2O3/c1-20-10-12-21(13-11-20)14-16-23(30)17-15-22-6-2-5-9-26(22)32-19-29-18-28-25-8-4-3-7-24(25)27(29)31/h2-18H,19H2,1H3/b16-14+,17-15+. The van der Waals surface area contributed by atoms with Gasteiger partial charge in [-0.1, -0.05) is 66.2 Å². The van der Waals surface area contributed by atoms with Crippen LogP contribution in [-0.2, 0) is 11.5 Å². The average molecular weight is 422 g/mol. The van der Waals surface area contributed by atoms with Gasteiger partial charge in [0.25, 0.3) is 5.56 Å². The molecule has 32 heavy (non-hydrogen) atoms. The number of ketones is 1. The average Bonchev–Trinajstić information content (AvgIpc) is 2.82. The van der Waals surface area contributed by atoms with Gasteiger partial charge in [-0.05, 0) is 48.9 Å². The van der Waals surface area contributed by atoms with E-state index >= 15 is 0 Å². The number of allylic oxidation sites excluding steroid dienone is 2. The molecule has 0 fully saturated rings. The number of aryl methyl sites for hydroxylation is 1. The van der Waals surface area contributed by atoms with Crippen LogP contribution in [0.4, 0.5) is 0 Å². The molecule has 5 nitrogen and oxygen atoms in total. The molecule has 4 aromatic rings. The predicted octanol–water partition coefficient (Wildman–Crippen LogP) is 5.04. The zero-order valence-corrected chi connectivity index (χ0v) is 17.6. The number of ether oxygens (including phenoxy) is 1. The van der Waals surface area contributed by atoms with Crippen molar-refractivity contribution in [1.29, 1.82) is 0 Å². The molecule has 0 spiro atoms. The van der Waals surface area contributed by atoms with Crippen LogP contribution in [0.15, 0.2) is 96.1 Å². The molecule has 0 unspecified atom stereocenters. The quantitative estimate of drug-likeness (QED) is 0.392. The fourth-order valence-electron chi connectivity index (χ4n) is 3.17. The molecular formula is C27H22N2O3. The van der Waals surface area contributed by atoms with Crippen molar-refractivity contribution in [2.75, 3.05) is 0 Å². The summed E-state index contributed by atoms with van der Waals surface area (Å²) in [4.78, 5) is 29.2. The third kappa shape index (κ3) is 5.08. The molecule has 0 aliphatic heterocycles. The number of nitrogens with zero attached hydrogens (tertiary/aromatic N) is 2. The van der Waals surface area contributed by atoms with E-state index in [1.165, 1.54) is 28.6 Å². The second kappa shape index (κ2) is 9.71. The van der Waals surface area contributed by atoms with Gasteiger partial charge in [-0.15, -0.1) is 0 Å². The van der Waals surface area contributed by atoms with E-state index in [9.17, 15) is 9.59 Å². The van der Waals surface area contributed by atoms with E-state index in [1.807, 2.05) is 55.5 Å². The van der Waals surface area contributed by atoms with Gasteiger partial charge < -0.3 is 4.74 Å². The van der Waals surface area contributed by atoms with E-state index in [0.29, 0.717) is 16.7 Å². The van der Waals surface area contributed by atoms with Crippen LogP contribution >= 0.6 is 0 Å². The van der Waals surface area contributed by atoms with E-state index in [0.717, 1.165) is 11.1 Å². The third-order valence-corrected chi connectivity index (χ3v) is 4.95. The molecule has 0 saturated carbocycles. The molecule has 5 heteroatoms. The third-order valence-electron chi connectivity index (χ3n) is 4.95. The predicted molar refractivity (Wildman–Crippen MR) is 127 cm³/mol. The first kappa shape index (κ1) is 21.0. The van der Waals surface area contributed by atoms with Gasteiger partial charge in [-0.25, -0.2) is 4.98 Å². The van der Waals surface area contributed by atoms with Crippen LogP contribution in [0.25, 0.3) is 23.1 Å². The molecule has 4 rings (SSSR count). The monoisotopic (exact) mass is 422 g/mol. The maximum absolute atomic E-state index is 12.6. The lowest BCUT2D eigenvalue weighted by atomic mass is 10.1. The Morgan fingerprint density at radius 1 is 0.938 bits per heavy atom. The SMILES string of the molecule is Cc1ccc(/C=C/C(=O)/C=C/c2ccccc2OCn2cnc3ccccc3c2=O)cc1. The van der Waals surface area contributed by atoms with Crippen molar-refractivity contribution < 1.29 is 9.53 Å². The highest BCUT2D eigenvalue weighted by Gasteiger charge is 2.05. The minimum Gasteiger partial charge on any atom is -0.472 e. The lowest BCUT2D eigenvalue weighted by molar-refractivity contribution is -0.110. The second-order valence-corrected chi connectivity index (χ2v) is 7.33. The van der Waals surface area contributed by atoms with Crippen LogP contribution in [-0.4, -0.2) is 15.3 Å². The number of aromatic nitrogens is 2. The summed E-state index contributed by atoms with van der Waals surface area (Å²) in [5.74, 6) is 0.439. The Balaban J connectivity index is 1.46. The number of rotatable bonds is 7. The molecule has 0 radical (unpaired) electrons. The Morgan fingerprint density at radius 2 is 1.66 bits per heavy atom. The summed E-state index contributed by atoms with van der Waals surface area (Å²) in [6.45, 7) is 2.04. The molecule has 3 aromatic carbocycles. The number of benzene rings is 3.